The molecule has 0 unspecified atom stereocenters. The lowest BCUT2D eigenvalue weighted by molar-refractivity contribution is 0.153. The first-order valence-corrected chi connectivity index (χ1v) is 10.6. The molecule has 28 heavy (non-hydrogen) atoms. The number of carbonyl (C=O) groups is 1. The molecular formula is C20H26N2O5S. The van der Waals surface area contributed by atoms with Crippen LogP contribution < -0.4 is 9.50 Å². The molecule has 0 aliphatic rings. The van der Waals surface area contributed by atoms with Crippen molar-refractivity contribution < 1.29 is 22.1 Å². The molecule has 2 aromatic carbocycles. The summed E-state index contributed by atoms with van der Waals surface area (Å²) in [4.78, 5) is 14.4. The number of methoxy groups -OCH3 is 1. The summed E-state index contributed by atoms with van der Waals surface area (Å²) in [5.41, 5.74) is 3.58. The van der Waals surface area contributed by atoms with Gasteiger partial charge in [0.05, 0.1) is 12.9 Å². The molecule has 0 bridgehead atoms. The minimum atomic E-state index is -3.61. The Morgan fingerprint density at radius 1 is 1.14 bits per heavy atom. The standard InChI is InChI=1S/C20H26N2O5S/c1-15-8-9-19(16(2)12-15)21-20(23)22(10-11-26-3)14-17-6-5-7-18(13-17)27-28(4,24)25/h5-9,12-13H,10-11,14H2,1-4H3,(H,21,23). The van der Waals surface area contributed by atoms with Crippen LogP contribution >= 0.6 is 0 Å². The topological polar surface area (TPSA) is 84.9 Å². The van der Waals surface area contributed by atoms with E-state index in [0.717, 1.165) is 28.6 Å². The lowest BCUT2D eigenvalue weighted by atomic mass is 10.1. The van der Waals surface area contributed by atoms with E-state index in [1.807, 2.05) is 32.0 Å². The number of hydrogen-bond donors (Lipinski definition) is 1. The minimum absolute atomic E-state index is 0.210. The van der Waals surface area contributed by atoms with Gasteiger partial charge in [0.15, 0.2) is 0 Å². The molecule has 0 aliphatic carbocycles. The number of rotatable bonds is 8. The van der Waals surface area contributed by atoms with Crippen LogP contribution in [0.2, 0.25) is 0 Å². The summed E-state index contributed by atoms with van der Waals surface area (Å²) in [6.45, 7) is 4.97. The molecule has 0 aromatic heterocycles. The van der Waals surface area contributed by atoms with Gasteiger partial charge in [-0.3, -0.25) is 0 Å². The van der Waals surface area contributed by atoms with Crippen molar-refractivity contribution in [1.29, 1.82) is 0 Å². The summed E-state index contributed by atoms with van der Waals surface area (Å²) in [7, 11) is -2.04. The van der Waals surface area contributed by atoms with Crippen LogP contribution in [0.5, 0.6) is 5.75 Å². The Kier molecular flexibility index (Phi) is 7.42. The highest BCUT2D eigenvalue weighted by Crippen LogP contribution is 2.19. The van der Waals surface area contributed by atoms with Crippen LogP contribution in [0.1, 0.15) is 16.7 Å². The molecular weight excluding hydrogens is 380 g/mol. The first-order chi connectivity index (χ1) is 13.2. The fourth-order valence-corrected chi connectivity index (χ4v) is 3.15. The zero-order valence-corrected chi connectivity index (χ0v) is 17.4. The van der Waals surface area contributed by atoms with Gasteiger partial charge >= 0.3 is 16.1 Å². The Balaban J connectivity index is 2.16. The van der Waals surface area contributed by atoms with E-state index in [1.165, 1.54) is 0 Å². The first kappa shape index (κ1) is 21.7. The number of benzene rings is 2. The maximum Gasteiger partial charge on any atom is 0.322 e. The van der Waals surface area contributed by atoms with Crippen molar-refractivity contribution in [3.63, 3.8) is 0 Å². The molecule has 0 heterocycles. The number of urea groups is 1. The molecule has 0 radical (unpaired) electrons. The van der Waals surface area contributed by atoms with E-state index in [0.29, 0.717) is 13.2 Å². The number of hydrogen-bond acceptors (Lipinski definition) is 5. The molecule has 1 N–H and O–H groups in total. The molecule has 0 saturated carbocycles. The van der Waals surface area contributed by atoms with Gasteiger partial charge in [-0.15, -0.1) is 0 Å². The molecule has 8 heteroatoms. The summed E-state index contributed by atoms with van der Waals surface area (Å²) in [6.07, 6.45) is 0.988. The van der Waals surface area contributed by atoms with Crippen LogP contribution in [0.4, 0.5) is 10.5 Å². The number of ether oxygens (including phenoxy) is 1. The summed E-state index contributed by atoms with van der Waals surface area (Å²) in [5.74, 6) is 0.210. The van der Waals surface area contributed by atoms with E-state index in [1.54, 1.807) is 36.3 Å². The van der Waals surface area contributed by atoms with Gasteiger partial charge in [0, 0.05) is 25.9 Å². The Morgan fingerprint density at radius 3 is 2.54 bits per heavy atom. The molecule has 0 fully saturated rings. The highest BCUT2D eigenvalue weighted by molar-refractivity contribution is 7.86. The number of carbonyl (C=O) groups excluding carboxylic acids is 1. The lowest BCUT2D eigenvalue weighted by Gasteiger charge is -2.24. The molecule has 2 aromatic rings. The third kappa shape index (κ3) is 6.86. The Morgan fingerprint density at radius 2 is 1.89 bits per heavy atom. The van der Waals surface area contributed by atoms with Crippen LogP contribution in [-0.4, -0.2) is 45.9 Å². The number of anilines is 1. The molecule has 0 spiro atoms. The minimum Gasteiger partial charge on any atom is -0.383 e. The molecule has 0 atom stereocenters. The fraction of sp³-hybridized carbons (Fsp3) is 0.350. The second kappa shape index (κ2) is 9.57. The van der Waals surface area contributed by atoms with Gasteiger partial charge in [-0.25, -0.2) is 4.79 Å². The van der Waals surface area contributed by atoms with E-state index >= 15 is 0 Å². The van der Waals surface area contributed by atoms with Crippen molar-refractivity contribution in [2.45, 2.75) is 20.4 Å². The van der Waals surface area contributed by atoms with Crippen molar-refractivity contribution in [3.05, 3.63) is 59.2 Å². The van der Waals surface area contributed by atoms with Crippen molar-refractivity contribution in [2.75, 3.05) is 31.8 Å². The predicted octanol–water partition coefficient (Wildman–Crippen LogP) is 3.32. The van der Waals surface area contributed by atoms with E-state index < -0.39 is 10.1 Å². The molecule has 7 nitrogen and oxygen atoms in total. The first-order valence-electron chi connectivity index (χ1n) is 8.78. The van der Waals surface area contributed by atoms with Crippen LogP contribution in [-0.2, 0) is 21.4 Å². The molecule has 0 aliphatic heterocycles. The lowest BCUT2D eigenvalue weighted by Crippen LogP contribution is -2.37. The van der Waals surface area contributed by atoms with Crippen LogP contribution in [0.3, 0.4) is 0 Å². The smallest absolute Gasteiger partial charge is 0.322 e. The van der Waals surface area contributed by atoms with Crippen LogP contribution in [0.25, 0.3) is 0 Å². The number of nitrogens with zero attached hydrogens (tertiary/aromatic N) is 1. The van der Waals surface area contributed by atoms with Gasteiger partial charge in [0.25, 0.3) is 0 Å². The van der Waals surface area contributed by atoms with E-state index in [-0.39, 0.29) is 18.3 Å². The number of nitrogens with one attached hydrogen (secondary N) is 1. The Labute approximate surface area is 166 Å². The van der Waals surface area contributed by atoms with E-state index in [2.05, 4.69) is 5.32 Å². The maximum absolute atomic E-state index is 12.8. The summed E-state index contributed by atoms with van der Waals surface area (Å²) in [5, 5.41) is 2.92. The van der Waals surface area contributed by atoms with Gasteiger partial charge in [-0.2, -0.15) is 8.42 Å². The van der Waals surface area contributed by atoms with E-state index in [9.17, 15) is 13.2 Å². The number of amides is 2. The highest BCUT2D eigenvalue weighted by Gasteiger charge is 2.16. The largest absolute Gasteiger partial charge is 0.383 e. The van der Waals surface area contributed by atoms with Gasteiger partial charge in [-0.05, 0) is 43.2 Å². The highest BCUT2D eigenvalue weighted by atomic mass is 32.2. The Hall–Kier alpha value is -2.58. The van der Waals surface area contributed by atoms with Crippen molar-refractivity contribution >= 4 is 21.8 Å². The zero-order valence-electron chi connectivity index (χ0n) is 16.6. The van der Waals surface area contributed by atoms with E-state index in [4.69, 9.17) is 8.92 Å². The SMILES string of the molecule is COCCN(Cc1cccc(OS(C)(=O)=O)c1)C(=O)Nc1ccc(C)cc1C. The summed E-state index contributed by atoms with van der Waals surface area (Å²) in [6, 6.07) is 12.2. The third-order valence-corrected chi connectivity index (χ3v) is 4.49. The Bertz CT molecular complexity index is 928. The van der Waals surface area contributed by atoms with Gasteiger partial charge in [0.2, 0.25) is 0 Å². The second-order valence-electron chi connectivity index (χ2n) is 6.60. The molecule has 0 saturated heterocycles. The molecule has 152 valence electrons. The molecule has 2 amide bonds. The normalized spacial score (nSPS) is 11.1. The molecule has 2 rings (SSSR count). The quantitative estimate of drug-likeness (QED) is 0.680. The van der Waals surface area contributed by atoms with Gasteiger partial charge < -0.3 is 19.1 Å². The zero-order chi connectivity index (χ0) is 20.7. The monoisotopic (exact) mass is 406 g/mol. The number of aryl methyl sites for hydroxylation is 2. The summed E-state index contributed by atoms with van der Waals surface area (Å²) < 4.78 is 32.7. The van der Waals surface area contributed by atoms with Crippen molar-refractivity contribution in [1.82, 2.24) is 4.90 Å². The van der Waals surface area contributed by atoms with Crippen LogP contribution in [0.15, 0.2) is 42.5 Å². The van der Waals surface area contributed by atoms with Crippen molar-refractivity contribution in [3.8, 4) is 5.75 Å². The fourth-order valence-electron chi connectivity index (χ4n) is 2.69. The van der Waals surface area contributed by atoms with Gasteiger partial charge in [0.1, 0.15) is 5.75 Å². The predicted molar refractivity (Wildman–Crippen MR) is 109 cm³/mol. The van der Waals surface area contributed by atoms with Crippen LogP contribution in [0, 0.1) is 13.8 Å². The van der Waals surface area contributed by atoms with Crippen molar-refractivity contribution in [2.24, 2.45) is 0 Å². The summed E-state index contributed by atoms with van der Waals surface area (Å²) >= 11 is 0. The average molecular weight is 407 g/mol. The maximum atomic E-state index is 12.8. The third-order valence-electron chi connectivity index (χ3n) is 4.00. The second-order valence-corrected chi connectivity index (χ2v) is 8.17. The van der Waals surface area contributed by atoms with Gasteiger partial charge in [-0.1, -0.05) is 29.8 Å². The average Bonchev–Trinajstić information content (AvgIpc) is 2.59.